The van der Waals surface area contributed by atoms with E-state index in [0.717, 1.165) is 22.9 Å². The Bertz CT molecular complexity index is 1880. The number of rotatable bonds is 3. The number of hydrogen-bond acceptors (Lipinski definition) is 5. The highest BCUT2D eigenvalue weighted by Gasteiger charge is 2.39. The molecule has 0 bridgehead atoms. The highest BCUT2D eigenvalue weighted by molar-refractivity contribution is 6.01. The standard InChI is InChI=1S/C26H20F3N9O/c1-35-12-16(10-32-35)15-4-5-21-17(11-33-38(21)13-15)25(39)36-8-6-19-23(31-14-30-19)24(36)20-9-22-18(26(27,28)29)3-2-7-37(22)34-20/h2-5,7,9-14,24H,6,8H2,1H3,(H,30,31)/t24-/m0/s1. The second kappa shape index (κ2) is 8.28. The first kappa shape index (κ1) is 23.2. The molecule has 7 rings (SSSR count). The minimum atomic E-state index is -4.55. The lowest BCUT2D eigenvalue weighted by molar-refractivity contribution is -0.136. The van der Waals surface area contributed by atoms with Crippen molar-refractivity contribution >= 4 is 16.9 Å². The molecule has 6 aromatic rings. The zero-order chi connectivity index (χ0) is 26.9. The SMILES string of the molecule is Cn1cc(-c2ccc3c(C(=O)N4CCc5[nH]cnc5[C@@H]4c4cc5c(C(F)(F)F)cccn5n4)cnn3c2)cn1. The normalized spacial score (nSPS) is 15.8. The van der Waals surface area contributed by atoms with Gasteiger partial charge < -0.3 is 9.88 Å². The highest BCUT2D eigenvalue weighted by atomic mass is 19.4. The molecular weight excluding hydrogens is 511 g/mol. The monoisotopic (exact) mass is 531 g/mol. The summed E-state index contributed by atoms with van der Waals surface area (Å²) in [4.78, 5) is 23.1. The van der Waals surface area contributed by atoms with Crippen LogP contribution in [0.2, 0.25) is 0 Å². The fraction of sp³-hybridized carbons (Fsp3) is 0.192. The van der Waals surface area contributed by atoms with E-state index in [0.29, 0.717) is 35.4 Å². The van der Waals surface area contributed by atoms with Gasteiger partial charge in [0.1, 0.15) is 6.04 Å². The van der Waals surface area contributed by atoms with E-state index < -0.39 is 17.8 Å². The minimum absolute atomic E-state index is 0.0889. The van der Waals surface area contributed by atoms with Crippen molar-refractivity contribution < 1.29 is 18.0 Å². The van der Waals surface area contributed by atoms with E-state index in [1.807, 2.05) is 31.6 Å². The van der Waals surface area contributed by atoms with Crippen LogP contribution in [0.15, 0.2) is 67.6 Å². The molecule has 6 aromatic heterocycles. The zero-order valence-electron chi connectivity index (χ0n) is 20.5. The fourth-order valence-corrected chi connectivity index (χ4v) is 5.25. The maximum absolute atomic E-state index is 14.0. The Morgan fingerprint density at radius 1 is 1.05 bits per heavy atom. The zero-order valence-corrected chi connectivity index (χ0v) is 20.5. The van der Waals surface area contributed by atoms with E-state index in [9.17, 15) is 18.0 Å². The van der Waals surface area contributed by atoms with Crippen LogP contribution in [-0.2, 0) is 19.6 Å². The van der Waals surface area contributed by atoms with Gasteiger partial charge in [-0.1, -0.05) is 6.07 Å². The van der Waals surface area contributed by atoms with Crippen molar-refractivity contribution in [2.45, 2.75) is 18.6 Å². The average Bonchev–Trinajstić information content (AvgIpc) is 3.71. The largest absolute Gasteiger partial charge is 0.418 e. The van der Waals surface area contributed by atoms with E-state index in [2.05, 4.69) is 25.3 Å². The van der Waals surface area contributed by atoms with Crippen LogP contribution in [0.4, 0.5) is 13.2 Å². The molecule has 0 radical (unpaired) electrons. The first-order chi connectivity index (χ1) is 18.8. The summed E-state index contributed by atoms with van der Waals surface area (Å²) in [5.41, 5.74) is 3.56. The number of imidazole rings is 1. The van der Waals surface area contributed by atoms with Crippen molar-refractivity contribution in [2.75, 3.05) is 6.54 Å². The molecule has 13 heteroatoms. The van der Waals surface area contributed by atoms with Crippen molar-refractivity contribution in [1.29, 1.82) is 0 Å². The lowest BCUT2D eigenvalue weighted by Gasteiger charge is -2.33. The van der Waals surface area contributed by atoms with Gasteiger partial charge in [0.05, 0.1) is 52.3 Å². The number of halogens is 3. The van der Waals surface area contributed by atoms with Gasteiger partial charge in [0.2, 0.25) is 0 Å². The van der Waals surface area contributed by atoms with E-state index in [-0.39, 0.29) is 11.4 Å². The Morgan fingerprint density at radius 2 is 1.92 bits per heavy atom. The number of fused-ring (bicyclic) bond motifs is 3. The number of carbonyl (C=O) groups excluding carboxylic acids is 1. The fourth-order valence-electron chi connectivity index (χ4n) is 5.25. The summed E-state index contributed by atoms with van der Waals surface area (Å²) in [5, 5.41) is 13.1. The van der Waals surface area contributed by atoms with E-state index in [4.69, 9.17) is 0 Å². The minimum Gasteiger partial charge on any atom is -0.348 e. The van der Waals surface area contributed by atoms with Crippen molar-refractivity contribution in [3.63, 3.8) is 0 Å². The summed E-state index contributed by atoms with van der Waals surface area (Å²) in [6.45, 7) is 0.323. The maximum atomic E-state index is 14.0. The number of nitrogens with one attached hydrogen (secondary N) is 1. The number of aromatic amines is 1. The van der Waals surface area contributed by atoms with Crippen LogP contribution in [0.25, 0.3) is 22.2 Å². The molecule has 1 amide bonds. The third kappa shape index (κ3) is 3.68. The Kier molecular flexibility index (Phi) is 4.93. The Balaban J connectivity index is 1.31. The van der Waals surface area contributed by atoms with Gasteiger partial charge in [-0.3, -0.25) is 9.48 Å². The summed E-state index contributed by atoms with van der Waals surface area (Å²) >= 11 is 0. The molecule has 10 nitrogen and oxygen atoms in total. The molecule has 1 aliphatic rings. The molecule has 7 heterocycles. The summed E-state index contributed by atoms with van der Waals surface area (Å²) in [6, 6.07) is 6.64. The van der Waals surface area contributed by atoms with E-state index in [1.165, 1.54) is 35.4 Å². The van der Waals surface area contributed by atoms with Gasteiger partial charge in [-0.2, -0.15) is 28.5 Å². The summed E-state index contributed by atoms with van der Waals surface area (Å²) in [5.74, 6) is -0.314. The van der Waals surface area contributed by atoms with Gasteiger partial charge in [0.15, 0.2) is 0 Å². The first-order valence-corrected chi connectivity index (χ1v) is 12.1. The van der Waals surface area contributed by atoms with E-state index in [1.54, 1.807) is 20.3 Å². The van der Waals surface area contributed by atoms with Gasteiger partial charge in [-0.25, -0.2) is 14.0 Å². The Morgan fingerprint density at radius 3 is 2.72 bits per heavy atom. The second-order valence-corrected chi connectivity index (χ2v) is 9.44. The summed E-state index contributed by atoms with van der Waals surface area (Å²) in [7, 11) is 1.83. The molecule has 0 aromatic carbocycles. The number of alkyl halides is 3. The molecule has 0 fully saturated rings. The number of amides is 1. The number of pyridine rings is 2. The molecule has 1 atom stereocenters. The van der Waals surface area contributed by atoms with Gasteiger partial charge in [0, 0.05) is 55.4 Å². The number of nitrogens with zero attached hydrogens (tertiary/aromatic N) is 8. The van der Waals surface area contributed by atoms with Crippen LogP contribution < -0.4 is 0 Å². The average molecular weight is 532 g/mol. The third-order valence-electron chi connectivity index (χ3n) is 7.08. The molecule has 0 spiro atoms. The first-order valence-electron chi connectivity index (χ1n) is 12.1. The number of H-pyrrole nitrogens is 1. The lowest BCUT2D eigenvalue weighted by Crippen LogP contribution is -2.41. The smallest absolute Gasteiger partial charge is 0.348 e. The summed E-state index contributed by atoms with van der Waals surface area (Å²) in [6.07, 6.45) is 5.91. The second-order valence-electron chi connectivity index (χ2n) is 9.44. The molecule has 1 N–H and O–H groups in total. The quantitative estimate of drug-likeness (QED) is 0.373. The predicted octanol–water partition coefficient (Wildman–Crippen LogP) is 3.91. The molecular formula is C26H20F3N9O. The highest BCUT2D eigenvalue weighted by Crippen LogP contribution is 2.37. The molecule has 0 unspecified atom stereocenters. The maximum Gasteiger partial charge on any atom is 0.418 e. The van der Waals surface area contributed by atoms with Crippen LogP contribution in [-0.4, -0.2) is 56.3 Å². The molecule has 196 valence electrons. The van der Waals surface area contributed by atoms with Crippen LogP contribution in [0.5, 0.6) is 0 Å². The van der Waals surface area contributed by atoms with E-state index >= 15 is 0 Å². The van der Waals surface area contributed by atoms with Crippen LogP contribution >= 0.6 is 0 Å². The molecule has 0 saturated carbocycles. The number of aryl methyl sites for hydroxylation is 1. The number of carbonyl (C=O) groups is 1. The molecule has 0 saturated heterocycles. The van der Waals surface area contributed by atoms with Crippen LogP contribution in [0.3, 0.4) is 0 Å². The number of hydrogen-bond donors (Lipinski definition) is 1. The Hall–Kier alpha value is -4.94. The lowest BCUT2D eigenvalue weighted by atomic mass is 9.98. The van der Waals surface area contributed by atoms with Crippen molar-refractivity contribution in [1.82, 2.24) is 43.9 Å². The van der Waals surface area contributed by atoms with Gasteiger partial charge in [-0.05, 0) is 24.3 Å². The number of aromatic nitrogens is 8. The predicted molar refractivity (Wildman–Crippen MR) is 133 cm³/mol. The van der Waals surface area contributed by atoms with Gasteiger partial charge >= 0.3 is 6.18 Å². The van der Waals surface area contributed by atoms with Gasteiger partial charge in [-0.15, -0.1) is 0 Å². The van der Waals surface area contributed by atoms with Crippen LogP contribution in [0, 0.1) is 0 Å². The van der Waals surface area contributed by atoms with Gasteiger partial charge in [0.25, 0.3) is 5.91 Å². The van der Waals surface area contributed by atoms with Crippen molar-refractivity contribution in [2.24, 2.45) is 7.05 Å². The topological polar surface area (TPSA) is 101 Å². The molecule has 0 aliphatic carbocycles. The molecule has 1 aliphatic heterocycles. The Labute approximate surface area is 218 Å². The van der Waals surface area contributed by atoms with Crippen molar-refractivity contribution in [3.8, 4) is 11.1 Å². The molecule has 39 heavy (non-hydrogen) atoms. The third-order valence-corrected chi connectivity index (χ3v) is 7.08. The summed E-state index contributed by atoms with van der Waals surface area (Å²) < 4.78 is 45.6. The van der Waals surface area contributed by atoms with Crippen LogP contribution in [0.1, 0.15) is 39.0 Å². The van der Waals surface area contributed by atoms with Crippen molar-refractivity contribution in [3.05, 3.63) is 95.9 Å².